The summed E-state index contributed by atoms with van der Waals surface area (Å²) < 4.78 is 0. The summed E-state index contributed by atoms with van der Waals surface area (Å²) >= 11 is 1.78. The molecule has 0 bridgehead atoms. The molecule has 0 spiro atoms. The Labute approximate surface area is 94.4 Å². The summed E-state index contributed by atoms with van der Waals surface area (Å²) in [6.07, 6.45) is 1.80. The Bertz CT molecular complexity index is 359. The SMILES string of the molecule is CC1(C)CSC(=NCc2ccccn2)N1. The Balaban J connectivity index is 1.96. The van der Waals surface area contributed by atoms with Gasteiger partial charge in [-0.25, -0.2) is 0 Å². The van der Waals surface area contributed by atoms with Crippen molar-refractivity contribution in [2.75, 3.05) is 5.75 Å². The van der Waals surface area contributed by atoms with Crippen molar-refractivity contribution in [1.29, 1.82) is 0 Å². The van der Waals surface area contributed by atoms with E-state index in [9.17, 15) is 0 Å². The number of nitrogens with zero attached hydrogens (tertiary/aromatic N) is 2. The van der Waals surface area contributed by atoms with E-state index in [1.807, 2.05) is 18.2 Å². The van der Waals surface area contributed by atoms with Crippen molar-refractivity contribution >= 4 is 16.9 Å². The quantitative estimate of drug-likeness (QED) is 0.830. The fourth-order valence-corrected chi connectivity index (χ4v) is 2.41. The molecule has 1 aromatic heterocycles. The van der Waals surface area contributed by atoms with Crippen molar-refractivity contribution in [3.63, 3.8) is 0 Å². The number of rotatable bonds is 2. The topological polar surface area (TPSA) is 37.3 Å². The maximum Gasteiger partial charge on any atom is 0.157 e. The zero-order chi connectivity index (χ0) is 10.7. The van der Waals surface area contributed by atoms with Crippen LogP contribution in [-0.2, 0) is 6.54 Å². The van der Waals surface area contributed by atoms with Crippen LogP contribution in [0.3, 0.4) is 0 Å². The summed E-state index contributed by atoms with van der Waals surface area (Å²) in [7, 11) is 0. The highest BCUT2D eigenvalue weighted by atomic mass is 32.2. The highest BCUT2D eigenvalue weighted by molar-refractivity contribution is 8.14. The van der Waals surface area contributed by atoms with Crippen molar-refractivity contribution in [3.8, 4) is 0 Å². The van der Waals surface area contributed by atoms with Crippen molar-refractivity contribution < 1.29 is 0 Å². The van der Waals surface area contributed by atoms with Gasteiger partial charge in [0.15, 0.2) is 5.17 Å². The molecule has 1 fully saturated rings. The molecule has 1 aromatic rings. The van der Waals surface area contributed by atoms with E-state index in [4.69, 9.17) is 0 Å². The average Bonchev–Trinajstić information content (AvgIpc) is 2.57. The van der Waals surface area contributed by atoms with Gasteiger partial charge in [-0.2, -0.15) is 0 Å². The number of hydrogen-bond donors (Lipinski definition) is 1. The van der Waals surface area contributed by atoms with Crippen molar-refractivity contribution in [2.24, 2.45) is 4.99 Å². The summed E-state index contributed by atoms with van der Waals surface area (Å²) in [5.74, 6) is 1.08. The van der Waals surface area contributed by atoms with Gasteiger partial charge < -0.3 is 5.32 Å². The van der Waals surface area contributed by atoms with Crippen LogP contribution >= 0.6 is 11.8 Å². The second-order valence-corrected chi connectivity index (χ2v) is 5.20. The first-order valence-electron chi connectivity index (χ1n) is 5.01. The number of aliphatic imine (C=N–C) groups is 1. The Morgan fingerprint density at radius 3 is 3.00 bits per heavy atom. The number of aromatic nitrogens is 1. The molecule has 0 atom stereocenters. The van der Waals surface area contributed by atoms with Crippen LogP contribution in [0.5, 0.6) is 0 Å². The van der Waals surface area contributed by atoms with E-state index in [0.717, 1.165) is 16.6 Å². The van der Waals surface area contributed by atoms with E-state index in [1.165, 1.54) is 0 Å². The number of amidine groups is 1. The van der Waals surface area contributed by atoms with E-state index in [-0.39, 0.29) is 5.54 Å². The number of nitrogens with one attached hydrogen (secondary N) is 1. The van der Waals surface area contributed by atoms with Crippen LogP contribution in [0, 0.1) is 0 Å². The number of hydrogen-bond acceptors (Lipinski definition) is 3. The molecule has 1 aliphatic heterocycles. The second kappa shape index (κ2) is 4.23. The molecule has 0 saturated carbocycles. The van der Waals surface area contributed by atoms with Gasteiger partial charge in [0.05, 0.1) is 12.2 Å². The Hall–Kier alpha value is -1.03. The molecule has 2 heterocycles. The molecule has 1 N–H and O–H groups in total. The molecule has 4 heteroatoms. The van der Waals surface area contributed by atoms with Crippen molar-refractivity contribution in [3.05, 3.63) is 30.1 Å². The lowest BCUT2D eigenvalue weighted by molar-refractivity contribution is 0.536. The number of thioether (sulfide) groups is 1. The summed E-state index contributed by atoms with van der Waals surface area (Å²) in [5.41, 5.74) is 1.19. The van der Waals surface area contributed by atoms with E-state index < -0.39 is 0 Å². The lowest BCUT2D eigenvalue weighted by atomic mass is 10.1. The second-order valence-electron chi connectivity index (χ2n) is 4.24. The van der Waals surface area contributed by atoms with Gasteiger partial charge in [-0.1, -0.05) is 17.8 Å². The molecule has 0 aromatic carbocycles. The zero-order valence-corrected chi connectivity index (χ0v) is 9.84. The van der Waals surface area contributed by atoms with E-state index in [2.05, 4.69) is 29.1 Å². The Morgan fingerprint density at radius 1 is 1.53 bits per heavy atom. The standard InChI is InChI=1S/C11H15N3S/c1-11(2)8-15-10(14-11)13-7-9-5-3-4-6-12-9/h3-6H,7-8H2,1-2H3,(H,13,14). The van der Waals surface area contributed by atoms with Gasteiger partial charge in [0, 0.05) is 17.5 Å². The lowest BCUT2D eigenvalue weighted by Gasteiger charge is -2.15. The Morgan fingerprint density at radius 2 is 2.40 bits per heavy atom. The van der Waals surface area contributed by atoms with E-state index in [1.54, 1.807) is 18.0 Å². The molecule has 80 valence electrons. The normalized spacial score (nSPS) is 21.6. The highest BCUT2D eigenvalue weighted by Gasteiger charge is 2.26. The molecule has 15 heavy (non-hydrogen) atoms. The fourth-order valence-electron chi connectivity index (χ4n) is 1.34. The largest absolute Gasteiger partial charge is 0.359 e. The monoisotopic (exact) mass is 221 g/mol. The number of pyridine rings is 1. The third-order valence-electron chi connectivity index (χ3n) is 2.13. The molecule has 1 saturated heterocycles. The summed E-state index contributed by atoms with van der Waals surface area (Å²) in [5, 5.41) is 4.42. The predicted molar refractivity (Wildman–Crippen MR) is 65.0 cm³/mol. The third-order valence-corrected chi connectivity index (χ3v) is 3.50. The van der Waals surface area contributed by atoms with Gasteiger partial charge in [0.25, 0.3) is 0 Å². The van der Waals surface area contributed by atoms with Crippen LogP contribution in [0.1, 0.15) is 19.5 Å². The van der Waals surface area contributed by atoms with Crippen LogP contribution < -0.4 is 5.32 Å². The van der Waals surface area contributed by atoms with E-state index >= 15 is 0 Å². The van der Waals surface area contributed by atoms with Crippen LogP contribution in [0.4, 0.5) is 0 Å². The molecule has 1 aliphatic rings. The fraction of sp³-hybridized carbons (Fsp3) is 0.455. The molecule has 0 unspecified atom stereocenters. The summed E-state index contributed by atoms with van der Waals surface area (Å²) in [6.45, 7) is 5.03. The molecule has 0 radical (unpaired) electrons. The molecule has 0 aliphatic carbocycles. The first-order chi connectivity index (χ1) is 7.16. The van der Waals surface area contributed by atoms with Crippen molar-refractivity contribution in [2.45, 2.75) is 25.9 Å². The van der Waals surface area contributed by atoms with E-state index in [0.29, 0.717) is 6.54 Å². The molecular weight excluding hydrogens is 206 g/mol. The van der Waals surface area contributed by atoms with Gasteiger partial charge >= 0.3 is 0 Å². The van der Waals surface area contributed by atoms with Gasteiger partial charge in [-0.05, 0) is 26.0 Å². The zero-order valence-electron chi connectivity index (χ0n) is 9.03. The minimum atomic E-state index is 0.174. The lowest BCUT2D eigenvalue weighted by Crippen LogP contribution is -2.36. The van der Waals surface area contributed by atoms with Gasteiger partial charge in [0.1, 0.15) is 0 Å². The highest BCUT2D eigenvalue weighted by Crippen LogP contribution is 2.22. The smallest absolute Gasteiger partial charge is 0.157 e. The summed E-state index contributed by atoms with van der Waals surface area (Å²) in [6, 6.07) is 5.90. The molecule has 3 nitrogen and oxygen atoms in total. The van der Waals surface area contributed by atoms with Crippen LogP contribution in [0.2, 0.25) is 0 Å². The maximum absolute atomic E-state index is 4.50. The average molecular weight is 221 g/mol. The van der Waals surface area contributed by atoms with Gasteiger partial charge in [-0.3, -0.25) is 9.98 Å². The summed E-state index contributed by atoms with van der Waals surface area (Å²) in [4.78, 5) is 8.73. The molecular formula is C11H15N3S. The van der Waals surface area contributed by atoms with Crippen molar-refractivity contribution in [1.82, 2.24) is 10.3 Å². The Kier molecular flexibility index (Phi) is 2.95. The minimum absolute atomic E-state index is 0.174. The first kappa shape index (κ1) is 10.5. The third kappa shape index (κ3) is 2.96. The van der Waals surface area contributed by atoms with Gasteiger partial charge in [0.2, 0.25) is 0 Å². The predicted octanol–water partition coefficient (Wildman–Crippen LogP) is 2.05. The maximum atomic E-state index is 4.50. The van der Waals surface area contributed by atoms with Crippen LogP contribution in [0.25, 0.3) is 0 Å². The molecule has 0 amide bonds. The minimum Gasteiger partial charge on any atom is -0.359 e. The van der Waals surface area contributed by atoms with Crippen LogP contribution in [0.15, 0.2) is 29.4 Å². The first-order valence-corrected chi connectivity index (χ1v) is 6.00. The van der Waals surface area contributed by atoms with Crippen LogP contribution in [-0.4, -0.2) is 21.4 Å². The molecule has 2 rings (SSSR count). The van der Waals surface area contributed by atoms with Gasteiger partial charge in [-0.15, -0.1) is 0 Å².